The van der Waals surface area contributed by atoms with Crippen molar-refractivity contribution in [1.82, 2.24) is 0 Å². The minimum atomic E-state index is -3.72. The second-order valence-electron chi connectivity index (χ2n) is 3.77. The monoisotopic (exact) mass is 360 g/mol. The third-order valence-corrected chi connectivity index (χ3v) is 5.07. The minimum absolute atomic E-state index is 0.0361. The average Bonchev–Trinajstić information content (AvgIpc) is 2.34. The summed E-state index contributed by atoms with van der Waals surface area (Å²) in [6, 6.07) is 11.0. The molecule has 0 spiro atoms. The average molecular weight is 362 g/mol. The zero-order valence-corrected chi connectivity index (χ0v) is 12.8. The number of rotatable bonds is 3. The third-order valence-electron chi connectivity index (χ3n) is 2.38. The zero-order valence-electron chi connectivity index (χ0n) is 9.60. The molecule has 0 heterocycles. The zero-order chi connectivity index (χ0) is 14.0. The molecule has 0 aromatic heterocycles. The molecule has 100 valence electrons. The second-order valence-corrected chi connectivity index (χ2v) is 6.68. The highest BCUT2D eigenvalue weighted by Crippen LogP contribution is 2.27. The molecular weight excluding hydrogens is 352 g/mol. The number of sulfonamides is 1. The van der Waals surface area contributed by atoms with E-state index in [0.717, 1.165) is 0 Å². The normalized spacial score (nSPS) is 11.3. The van der Waals surface area contributed by atoms with E-state index < -0.39 is 10.0 Å². The van der Waals surface area contributed by atoms with Crippen LogP contribution in [-0.4, -0.2) is 8.42 Å². The second kappa shape index (κ2) is 5.40. The Balaban J connectivity index is 2.37. The van der Waals surface area contributed by atoms with Crippen LogP contribution in [0.15, 0.2) is 51.8 Å². The van der Waals surface area contributed by atoms with E-state index in [-0.39, 0.29) is 10.6 Å². The van der Waals surface area contributed by atoms with Crippen molar-refractivity contribution in [3.63, 3.8) is 0 Å². The molecule has 2 aromatic carbocycles. The van der Waals surface area contributed by atoms with E-state index >= 15 is 0 Å². The number of nitrogens with one attached hydrogen (secondary N) is 1. The molecule has 0 saturated carbocycles. The van der Waals surface area contributed by atoms with Gasteiger partial charge in [0, 0.05) is 4.47 Å². The lowest BCUT2D eigenvalue weighted by Crippen LogP contribution is -2.14. The van der Waals surface area contributed by atoms with Gasteiger partial charge in [0.25, 0.3) is 10.0 Å². The van der Waals surface area contributed by atoms with Crippen LogP contribution in [0.1, 0.15) is 0 Å². The van der Waals surface area contributed by atoms with Gasteiger partial charge in [0.2, 0.25) is 0 Å². The maximum absolute atomic E-state index is 12.2. The summed E-state index contributed by atoms with van der Waals surface area (Å²) in [7, 11) is -3.72. The molecule has 0 fully saturated rings. The van der Waals surface area contributed by atoms with Gasteiger partial charge in [-0.1, -0.05) is 23.7 Å². The Bertz CT molecular complexity index is 719. The van der Waals surface area contributed by atoms with E-state index in [1.54, 1.807) is 24.3 Å². The Hall–Kier alpha value is -1.24. The fourth-order valence-corrected chi connectivity index (χ4v) is 3.11. The van der Waals surface area contributed by atoms with Gasteiger partial charge in [0.1, 0.15) is 4.90 Å². The lowest BCUT2D eigenvalue weighted by Gasteiger charge is -2.10. The molecule has 7 heteroatoms. The Morgan fingerprint density at radius 3 is 2.47 bits per heavy atom. The highest BCUT2D eigenvalue weighted by Gasteiger charge is 2.17. The van der Waals surface area contributed by atoms with Gasteiger partial charge in [0.05, 0.1) is 16.4 Å². The van der Waals surface area contributed by atoms with Crippen LogP contribution in [0.4, 0.5) is 11.4 Å². The van der Waals surface area contributed by atoms with E-state index in [1.807, 2.05) is 0 Å². The molecule has 0 bridgehead atoms. The van der Waals surface area contributed by atoms with Crippen LogP contribution in [-0.2, 0) is 10.0 Å². The first-order valence-electron chi connectivity index (χ1n) is 5.22. The summed E-state index contributed by atoms with van der Waals surface area (Å²) in [5.41, 5.74) is 6.23. The summed E-state index contributed by atoms with van der Waals surface area (Å²) in [5.74, 6) is 0. The number of hydrogen-bond acceptors (Lipinski definition) is 3. The van der Waals surface area contributed by atoms with Crippen molar-refractivity contribution in [2.24, 2.45) is 0 Å². The molecule has 2 aromatic rings. The first-order valence-corrected chi connectivity index (χ1v) is 7.88. The molecule has 2 rings (SSSR count). The smallest absolute Gasteiger partial charge is 0.263 e. The summed E-state index contributed by atoms with van der Waals surface area (Å²) in [5, 5.41) is 0.418. The molecule has 19 heavy (non-hydrogen) atoms. The van der Waals surface area contributed by atoms with Gasteiger partial charge in [-0.25, -0.2) is 8.42 Å². The van der Waals surface area contributed by atoms with Crippen molar-refractivity contribution in [2.75, 3.05) is 10.5 Å². The largest absolute Gasteiger partial charge is 0.398 e. The molecule has 0 atom stereocenters. The maximum atomic E-state index is 12.2. The lowest BCUT2D eigenvalue weighted by atomic mass is 10.3. The maximum Gasteiger partial charge on any atom is 0.263 e. The molecular formula is C12H10BrClN2O2S. The van der Waals surface area contributed by atoms with Gasteiger partial charge in [-0.05, 0) is 46.3 Å². The molecule has 0 aliphatic heterocycles. The highest BCUT2D eigenvalue weighted by atomic mass is 79.9. The number of nitrogens with two attached hydrogens (primary N) is 1. The molecule has 0 aliphatic carbocycles. The first kappa shape index (κ1) is 14.2. The van der Waals surface area contributed by atoms with Gasteiger partial charge in [-0.3, -0.25) is 4.72 Å². The molecule has 0 saturated heterocycles. The summed E-state index contributed by atoms with van der Waals surface area (Å²) >= 11 is 9.15. The quantitative estimate of drug-likeness (QED) is 0.822. The Morgan fingerprint density at radius 2 is 1.84 bits per heavy atom. The van der Waals surface area contributed by atoms with Crippen molar-refractivity contribution >= 4 is 48.9 Å². The minimum Gasteiger partial charge on any atom is -0.398 e. The fraction of sp³-hybridized carbons (Fsp3) is 0. The van der Waals surface area contributed by atoms with Crippen molar-refractivity contribution in [3.8, 4) is 0 Å². The number of hydrogen-bond donors (Lipinski definition) is 2. The summed E-state index contributed by atoms with van der Waals surface area (Å²) < 4.78 is 27.5. The van der Waals surface area contributed by atoms with Crippen LogP contribution in [0.25, 0.3) is 0 Å². The van der Waals surface area contributed by atoms with Crippen molar-refractivity contribution in [2.45, 2.75) is 4.90 Å². The van der Waals surface area contributed by atoms with Crippen molar-refractivity contribution < 1.29 is 8.42 Å². The number of halogens is 2. The summed E-state index contributed by atoms with van der Waals surface area (Å²) in [6.45, 7) is 0. The van der Waals surface area contributed by atoms with Gasteiger partial charge in [0.15, 0.2) is 0 Å². The van der Waals surface area contributed by atoms with E-state index in [4.69, 9.17) is 17.3 Å². The van der Waals surface area contributed by atoms with Crippen LogP contribution in [0, 0.1) is 0 Å². The fourth-order valence-electron chi connectivity index (χ4n) is 1.50. The molecule has 0 aliphatic rings. The van der Waals surface area contributed by atoms with Crippen molar-refractivity contribution in [1.29, 1.82) is 0 Å². The van der Waals surface area contributed by atoms with Gasteiger partial charge >= 0.3 is 0 Å². The number of nitrogen functional groups attached to an aromatic ring is 1. The predicted molar refractivity (Wildman–Crippen MR) is 80.8 cm³/mol. The topological polar surface area (TPSA) is 72.2 Å². The van der Waals surface area contributed by atoms with Gasteiger partial charge in [-0.2, -0.15) is 0 Å². The molecule has 0 unspecified atom stereocenters. The van der Waals surface area contributed by atoms with Crippen molar-refractivity contribution in [3.05, 3.63) is 52.0 Å². The summed E-state index contributed by atoms with van der Waals surface area (Å²) in [6.07, 6.45) is 0. The molecule has 4 nitrogen and oxygen atoms in total. The van der Waals surface area contributed by atoms with Crippen LogP contribution in [0.3, 0.4) is 0 Å². The van der Waals surface area contributed by atoms with Crippen LogP contribution >= 0.6 is 27.5 Å². The molecule has 0 radical (unpaired) electrons. The van der Waals surface area contributed by atoms with Gasteiger partial charge in [-0.15, -0.1) is 0 Å². The molecule has 3 N–H and O–H groups in total. The van der Waals surface area contributed by atoms with E-state index in [9.17, 15) is 8.42 Å². The van der Waals surface area contributed by atoms with E-state index in [1.165, 1.54) is 18.2 Å². The first-order chi connectivity index (χ1) is 8.90. The van der Waals surface area contributed by atoms with E-state index in [2.05, 4.69) is 20.7 Å². The summed E-state index contributed by atoms with van der Waals surface area (Å²) in [4.78, 5) is 0.0361. The number of anilines is 2. The number of para-hydroxylation sites is 1. The third kappa shape index (κ3) is 3.20. The number of benzene rings is 2. The van der Waals surface area contributed by atoms with Crippen LogP contribution in [0.2, 0.25) is 5.02 Å². The van der Waals surface area contributed by atoms with Gasteiger partial charge < -0.3 is 5.73 Å². The predicted octanol–water partition coefficient (Wildman–Crippen LogP) is 3.49. The van der Waals surface area contributed by atoms with Crippen LogP contribution < -0.4 is 10.5 Å². The highest BCUT2D eigenvalue weighted by molar-refractivity contribution is 9.10. The SMILES string of the molecule is Nc1ccccc1S(=O)(=O)Nc1ccc(Br)c(Cl)c1. The Kier molecular flexibility index (Phi) is 4.03. The molecule has 0 amide bonds. The lowest BCUT2D eigenvalue weighted by molar-refractivity contribution is 0.601. The van der Waals surface area contributed by atoms with Crippen LogP contribution in [0.5, 0.6) is 0 Å². The standard InChI is InChI=1S/C12H10BrClN2O2S/c13-9-6-5-8(7-10(9)14)16-19(17,18)12-4-2-1-3-11(12)15/h1-7,16H,15H2. The Morgan fingerprint density at radius 1 is 1.16 bits per heavy atom. The van der Waals surface area contributed by atoms with E-state index in [0.29, 0.717) is 15.2 Å². The Labute approximate surface area is 124 Å².